The van der Waals surface area contributed by atoms with Crippen LogP contribution < -0.4 is 5.32 Å². The third-order valence-electron chi connectivity index (χ3n) is 13.0. The Kier molecular flexibility index (Phi) is 4.33. The summed E-state index contributed by atoms with van der Waals surface area (Å²) in [7, 11) is 6.81. The van der Waals surface area contributed by atoms with E-state index in [1.807, 2.05) is 0 Å². The maximum atomic E-state index is 3.71. The summed E-state index contributed by atoms with van der Waals surface area (Å²) in [5.41, 5.74) is 2.97. The smallest absolute Gasteiger partial charge is 0.0118 e. The molecule has 2 nitrogen and oxygen atoms in total. The molecule has 166 valence electrons. The van der Waals surface area contributed by atoms with Gasteiger partial charge in [0, 0.05) is 12.1 Å². The van der Waals surface area contributed by atoms with Gasteiger partial charge in [0.15, 0.2) is 0 Å². The van der Waals surface area contributed by atoms with Crippen LogP contribution in [0.15, 0.2) is 0 Å². The fourth-order valence-electron chi connectivity index (χ4n) is 11.1. The molecule has 0 heterocycles. The Hall–Kier alpha value is -0.0800. The van der Waals surface area contributed by atoms with E-state index in [-0.39, 0.29) is 0 Å². The van der Waals surface area contributed by atoms with Crippen molar-refractivity contribution >= 4 is 0 Å². The van der Waals surface area contributed by atoms with Crippen molar-refractivity contribution < 1.29 is 0 Å². The van der Waals surface area contributed by atoms with Crippen molar-refractivity contribution in [3.63, 3.8) is 0 Å². The van der Waals surface area contributed by atoms with Crippen molar-refractivity contribution in [2.75, 3.05) is 21.1 Å². The standard InChI is InChI=1S/C27H48N2/c1-18(29(7)8)19-11-13-25(5)21-10-9-20-23(2,3)22(28-6)12-14-26(20)17-27(21,26)16-15-24(19,25)4/h18-22,28H,9-17H2,1-8H3/t18-,19+,20-,21-,22-,24+,25-,26+,27+/m0/s1. The van der Waals surface area contributed by atoms with Crippen molar-refractivity contribution in [3.05, 3.63) is 0 Å². The maximum Gasteiger partial charge on any atom is 0.0118 e. The lowest BCUT2D eigenvalue weighted by Crippen LogP contribution is -2.59. The van der Waals surface area contributed by atoms with Gasteiger partial charge in [0.25, 0.3) is 0 Å². The number of hydrogen-bond donors (Lipinski definition) is 1. The highest BCUT2D eigenvalue weighted by atomic mass is 15.1. The Morgan fingerprint density at radius 3 is 2.10 bits per heavy atom. The Morgan fingerprint density at radius 2 is 1.45 bits per heavy atom. The maximum absolute atomic E-state index is 3.71. The number of nitrogens with zero attached hydrogens (tertiary/aromatic N) is 1. The Labute approximate surface area is 181 Å². The molecule has 2 spiro atoms. The normalized spacial score (nSPS) is 56.2. The second-order valence-corrected chi connectivity index (χ2v) is 13.6. The summed E-state index contributed by atoms with van der Waals surface area (Å²) in [6.07, 6.45) is 13.5. The zero-order valence-corrected chi connectivity index (χ0v) is 20.7. The summed E-state index contributed by atoms with van der Waals surface area (Å²) in [6.45, 7) is 13.2. The zero-order chi connectivity index (χ0) is 21.0. The lowest BCUT2D eigenvalue weighted by atomic mass is 9.42. The van der Waals surface area contributed by atoms with Gasteiger partial charge in [-0.15, -0.1) is 0 Å². The van der Waals surface area contributed by atoms with Crippen LogP contribution in [0.4, 0.5) is 0 Å². The van der Waals surface area contributed by atoms with E-state index in [9.17, 15) is 0 Å². The van der Waals surface area contributed by atoms with E-state index in [2.05, 4.69) is 66.0 Å². The number of fused-ring (bicyclic) bond motifs is 2. The molecule has 0 aromatic carbocycles. The van der Waals surface area contributed by atoms with Crippen LogP contribution >= 0.6 is 0 Å². The third-order valence-corrected chi connectivity index (χ3v) is 13.0. The molecule has 0 radical (unpaired) electrons. The van der Waals surface area contributed by atoms with Gasteiger partial charge in [0.1, 0.15) is 0 Å². The van der Waals surface area contributed by atoms with Crippen LogP contribution in [0.1, 0.15) is 92.4 Å². The first-order chi connectivity index (χ1) is 13.5. The van der Waals surface area contributed by atoms with Gasteiger partial charge in [-0.05, 0) is 131 Å². The summed E-state index contributed by atoms with van der Waals surface area (Å²) in [4.78, 5) is 2.50. The minimum Gasteiger partial charge on any atom is -0.316 e. The molecule has 29 heavy (non-hydrogen) atoms. The van der Waals surface area contributed by atoms with Crippen molar-refractivity contribution in [1.82, 2.24) is 10.2 Å². The highest BCUT2D eigenvalue weighted by Crippen LogP contribution is 2.88. The summed E-state index contributed by atoms with van der Waals surface area (Å²) in [5.74, 6) is 2.82. The number of rotatable bonds is 3. The minimum absolute atomic E-state index is 0.459. The Morgan fingerprint density at radius 1 is 0.793 bits per heavy atom. The molecule has 0 aromatic heterocycles. The molecule has 0 unspecified atom stereocenters. The molecular formula is C27H48N2. The lowest BCUT2D eigenvalue weighted by molar-refractivity contribution is -0.146. The first-order valence-electron chi connectivity index (χ1n) is 12.8. The van der Waals surface area contributed by atoms with Crippen molar-refractivity contribution in [3.8, 4) is 0 Å². The highest BCUT2D eigenvalue weighted by Gasteiger charge is 2.82. The Bertz CT molecular complexity index is 684. The van der Waals surface area contributed by atoms with Gasteiger partial charge < -0.3 is 10.2 Å². The predicted octanol–water partition coefficient (Wildman–Crippen LogP) is 5.96. The molecule has 0 saturated heterocycles. The van der Waals surface area contributed by atoms with Crippen molar-refractivity contribution in [2.45, 2.75) is 104 Å². The predicted molar refractivity (Wildman–Crippen MR) is 123 cm³/mol. The van der Waals surface area contributed by atoms with E-state index in [4.69, 9.17) is 0 Å². The van der Waals surface area contributed by atoms with E-state index in [0.717, 1.165) is 17.8 Å². The van der Waals surface area contributed by atoms with Crippen LogP contribution in [0.5, 0.6) is 0 Å². The second-order valence-electron chi connectivity index (χ2n) is 13.6. The topological polar surface area (TPSA) is 15.3 Å². The average Bonchev–Trinajstić information content (AvgIpc) is 3.24. The fraction of sp³-hybridized carbons (Fsp3) is 1.00. The molecule has 5 saturated carbocycles. The van der Waals surface area contributed by atoms with Gasteiger partial charge in [-0.2, -0.15) is 0 Å². The highest BCUT2D eigenvalue weighted by molar-refractivity contribution is 5.31. The summed E-state index contributed by atoms with van der Waals surface area (Å²) in [5, 5.41) is 3.71. The van der Waals surface area contributed by atoms with E-state index >= 15 is 0 Å². The van der Waals surface area contributed by atoms with E-state index in [1.54, 1.807) is 6.42 Å². The van der Waals surface area contributed by atoms with Gasteiger partial charge in [-0.1, -0.05) is 27.7 Å². The first kappa shape index (κ1) is 20.8. The third kappa shape index (κ3) is 2.22. The molecule has 0 bridgehead atoms. The summed E-state index contributed by atoms with van der Waals surface area (Å²) >= 11 is 0. The molecule has 2 heteroatoms. The molecular weight excluding hydrogens is 352 g/mol. The van der Waals surface area contributed by atoms with Crippen LogP contribution in [0.3, 0.4) is 0 Å². The van der Waals surface area contributed by atoms with Crippen LogP contribution in [0.25, 0.3) is 0 Å². The van der Waals surface area contributed by atoms with Crippen molar-refractivity contribution in [1.29, 1.82) is 0 Å². The summed E-state index contributed by atoms with van der Waals surface area (Å²) < 4.78 is 0. The molecule has 5 fully saturated rings. The quantitative estimate of drug-likeness (QED) is 0.628. The zero-order valence-electron chi connectivity index (χ0n) is 20.7. The fourth-order valence-corrected chi connectivity index (χ4v) is 11.1. The molecule has 0 aromatic rings. The van der Waals surface area contributed by atoms with Crippen LogP contribution in [-0.2, 0) is 0 Å². The average molecular weight is 401 g/mol. The van der Waals surface area contributed by atoms with Gasteiger partial charge >= 0.3 is 0 Å². The van der Waals surface area contributed by atoms with E-state index in [0.29, 0.717) is 39.2 Å². The van der Waals surface area contributed by atoms with Gasteiger partial charge in [0.05, 0.1) is 0 Å². The van der Waals surface area contributed by atoms with E-state index < -0.39 is 0 Å². The van der Waals surface area contributed by atoms with Gasteiger partial charge in [0.2, 0.25) is 0 Å². The lowest BCUT2D eigenvalue weighted by Gasteiger charge is -2.63. The van der Waals surface area contributed by atoms with Gasteiger partial charge in [-0.3, -0.25) is 0 Å². The second kappa shape index (κ2) is 6.03. The van der Waals surface area contributed by atoms with E-state index in [1.165, 1.54) is 51.4 Å². The molecule has 5 rings (SSSR count). The summed E-state index contributed by atoms with van der Waals surface area (Å²) in [6, 6.07) is 1.43. The number of hydrogen-bond acceptors (Lipinski definition) is 2. The van der Waals surface area contributed by atoms with Gasteiger partial charge in [-0.25, -0.2) is 0 Å². The molecule has 0 aliphatic heterocycles. The monoisotopic (exact) mass is 400 g/mol. The molecule has 5 aliphatic carbocycles. The van der Waals surface area contributed by atoms with Crippen LogP contribution in [-0.4, -0.2) is 38.1 Å². The first-order valence-corrected chi connectivity index (χ1v) is 12.8. The minimum atomic E-state index is 0.459. The largest absolute Gasteiger partial charge is 0.316 e. The molecule has 5 aliphatic rings. The van der Waals surface area contributed by atoms with Crippen LogP contribution in [0.2, 0.25) is 0 Å². The Balaban J connectivity index is 1.49. The number of nitrogens with one attached hydrogen (secondary N) is 1. The van der Waals surface area contributed by atoms with Crippen molar-refractivity contribution in [2.24, 2.45) is 44.8 Å². The van der Waals surface area contributed by atoms with Crippen LogP contribution in [0, 0.1) is 44.8 Å². The molecule has 0 amide bonds. The molecule has 9 atom stereocenters. The molecule has 1 N–H and O–H groups in total. The SMILES string of the molecule is CN[C@H]1CC[C@]23C[C@@]24CC[C@]2(C)[C@@H]([C@H](C)N(C)C)CC[C@@]2(C)[C@@H]4CC[C@H]3C1(C)C.